The van der Waals surface area contributed by atoms with Gasteiger partial charge in [0.2, 0.25) is 0 Å². The van der Waals surface area contributed by atoms with Gasteiger partial charge in [0.15, 0.2) is 0 Å². The third kappa shape index (κ3) is 11.0. The molecule has 6 nitrogen and oxygen atoms in total. The molecule has 4 atom stereocenters. The van der Waals surface area contributed by atoms with Crippen molar-refractivity contribution in [1.82, 2.24) is 0 Å². The number of anilines is 2. The molecule has 4 unspecified atom stereocenters. The van der Waals surface area contributed by atoms with E-state index in [1.165, 1.54) is 99.6 Å². The summed E-state index contributed by atoms with van der Waals surface area (Å²) in [4.78, 5) is 5.21. The third-order valence-electron chi connectivity index (χ3n) is 9.94. The fourth-order valence-electron chi connectivity index (χ4n) is 6.52. The van der Waals surface area contributed by atoms with E-state index in [9.17, 15) is 0 Å². The number of ether oxygens (including phenoxy) is 4. The van der Waals surface area contributed by atoms with Crippen LogP contribution in [0.4, 0.5) is 11.4 Å². The van der Waals surface area contributed by atoms with Crippen molar-refractivity contribution in [2.75, 3.05) is 62.4 Å². The first kappa shape index (κ1) is 31.8. The minimum absolute atomic E-state index is 0.370. The molecule has 0 saturated carbocycles. The summed E-state index contributed by atoms with van der Waals surface area (Å²) in [5.74, 6) is 0.370. The van der Waals surface area contributed by atoms with Crippen molar-refractivity contribution < 1.29 is 18.9 Å². The molecule has 0 aromatic heterocycles. The number of nitrogens with zero attached hydrogens (tertiary/aromatic N) is 2. The van der Waals surface area contributed by atoms with Crippen LogP contribution in [-0.2, 0) is 18.9 Å². The highest BCUT2D eigenvalue weighted by atomic mass is 16.6. The Morgan fingerprint density at radius 3 is 1.00 bits per heavy atom. The molecule has 242 valence electrons. The molecule has 0 amide bonds. The largest absolute Gasteiger partial charge is 0.373 e. The molecule has 2 aromatic carbocycles. The number of hydrogen-bond acceptors (Lipinski definition) is 6. The summed E-state index contributed by atoms with van der Waals surface area (Å²) in [6.07, 6.45) is 17.0. The lowest BCUT2D eigenvalue weighted by molar-refractivity contribution is 0.387. The quantitative estimate of drug-likeness (QED) is 0.0903. The van der Waals surface area contributed by atoms with E-state index in [-0.39, 0.29) is 0 Å². The van der Waals surface area contributed by atoms with Crippen molar-refractivity contribution in [2.45, 2.75) is 114 Å². The van der Waals surface area contributed by atoms with Gasteiger partial charge in [0, 0.05) is 43.5 Å². The van der Waals surface area contributed by atoms with Crippen molar-refractivity contribution in [2.24, 2.45) is 0 Å². The number of hydrogen-bond donors (Lipinski definition) is 0. The van der Waals surface area contributed by atoms with E-state index in [1.54, 1.807) is 0 Å². The second kappa shape index (κ2) is 16.4. The Kier molecular flexibility index (Phi) is 11.9. The fourth-order valence-corrected chi connectivity index (χ4v) is 6.52. The van der Waals surface area contributed by atoms with Crippen LogP contribution in [-0.4, -0.2) is 77.0 Å². The Morgan fingerprint density at radius 1 is 0.477 bits per heavy atom. The maximum atomic E-state index is 5.42. The van der Waals surface area contributed by atoms with Gasteiger partial charge in [-0.25, -0.2) is 0 Å². The predicted octanol–water partition coefficient (Wildman–Crippen LogP) is 7.73. The highest BCUT2D eigenvalue weighted by Crippen LogP contribution is 2.29. The summed E-state index contributed by atoms with van der Waals surface area (Å²) >= 11 is 0. The third-order valence-corrected chi connectivity index (χ3v) is 9.94. The number of unbranched alkanes of at least 4 members (excludes halogenated alkanes) is 4. The van der Waals surface area contributed by atoms with Gasteiger partial charge in [-0.1, -0.05) is 31.2 Å². The predicted molar refractivity (Wildman–Crippen MR) is 179 cm³/mol. The summed E-state index contributed by atoms with van der Waals surface area (Å²) in [6.45, 7) is 10.7. The van der Waals surface area contributed by atoms with Crippen LogP contribution in [0.3, 0.4) is 0 Å². The molecule has 0 N–H and O–H groups in total. The van der Waals surface area contributed by atoms with Crippen LogP contribution < -0.4 is 9.80 Å². The van der Waals surface area contributed by atoms with Crippen LogP contribution in [0.5, 0.6) is 0 Å². The van der Waals surface area contributed by atoms with Crippen LogP contribution in [0.25, 0.3) is 0 Å². The van der Waals surface area contributed by atoms with E-state index in [0.29, 0.717) is 30.3 Å². The molecule has 0 bridgehead atoms. The minimum Gasteiger partial charge on any atom is -0.373 e. The van der Waals surface area contributed by atoms with Gasteiger partial charge in [-0.3, -0.25) is 0 Å². The lowest BCUT2D eigenvalue weighted by atomic mass is 9.92. The van der Waals surface area contributed by atoms with Crippen molar-refractivity contribution >= 4 is 11.4 Å². The van der Waals surface area contributed by atoms with Gasteiger partial charge < -0.3 is 28.7 Å². The molecule has 4 fully saturated rings. The SMILES string of the molecule is CC(c1ccc(N(CCCCC2CO2)CCCCC2CO2)cc1)c1ccc(N(CCCCC2CO2)CCCCC2CO2)cc1. The smallest absolute Gasteiger partial charge is 0.0810 e. The van der Waals surface area contributed by atoms with Gasteiger partial charge in [-0.05, 0) is 112 Å². The lowest BCUT2D eigenvalue weighted by Gasteiger charge is -2.26. The normalized spacial score (nSPS) is 23.8. The molecular weight excluding hydrogens is 548 g/mol. The van der Waals surface area contributed by atoms with Gasteiger partial charge in [0.1, 0.15) is 0 Å². The Hall–Kier alpha value is -2.12. The Balaban J connectivity index is 1.01. The van der Waals surface area contributed by atoms with Crippen LogP contribution in [0.15, 0.2) is 48.5 Å². The van der Waals surface area contributed by atoms with E-state index < -0.39 is 0 Å². The topological polar surface area (TPSA) is 56.6 Å². The molecule has 0 radical (unpaired) electrons. The zero-order valence-electron chi connectivity index (χ0n) is 27.2. The molecular formula is C38H56N2O4. The summed E-state index contributed by atoms with van der Waals surface area (Å²) in [6, 6.07) is 18.9. The van der Waals surface area contributed by atoms with Gasteiger partial charge in [0.05, 0.1) is 50.8 Å². The van der Waals surface area contributed by atoms with E-state index in [2.05, 4.69) is 65.3 Å². The highest BCUT2D eigenvalue weighted by molar-refractivity contribution is 5.51. The fraction of sp³-hybridized carbons (Fsp3) is 0.684. The first-order valence-electron chi connectivity index (χ1n) is 17.9. The number of rotatable bonds is 24. The van der Waals surface area contributed by atoms with Gasteiger partial charge in [0.25, 0.3) is 0 Å². The van der Waals surface area contributed by atoms with Crippen LogP contribution in [0.1, 0.15) is 101 Å². The number of benzene rings is 2. The number of epoxide rings is 4. The first-order valence-corrected chi connectivity index (χ1v) is 17.9. The molecule has 6 heteroatoms. The Morgan fingerprint density at radius 2 is 0.750 bits per heavy atom. The van der Waals surface area contributed by atoms with E-state index in [1.807, 2.05) is 0 Å². The summed E-state index contributed by atoms with van der Waals surface area (Å²) in [7, 11) is 0. The average molecular weight is 605 g/mol. The maximum Gasteiger partial charge on any atom is 0.0810 e. The molecule has 4 saturated heterocycles. The van der Waals surface area contributed by atoms with Crippen molar-refractivity contribution in [3.8, 4) is 0 Å². The highest BCUT2D eigenvalue weighted by Gasteiger charge is 2.24. The van der Waals surface area contributed by atoms with Crippen LogP contribution in [0, 0.1) is 0 Å². The van der Waals surface area contributed by atoms with E-state index >= 15 is 0 Å². The summed E-state index contributed by atoms with van der Waals surface area (Å²) in [5, 5.41) is 0. The molecule has 4 aliphatic heterocycles. The van der Waals surface area contributed by atoms with Crippen LogP contribution >= 0.6 is 0 Å². The van der Waals surface area contributed by atoms with Crippen molar-refractivity contribution in [3.63, 3.8) is 0 Å². The van der Waals surface area contributed by atoms with Gasteiger partial charge in [-0.2, -0.15) is 0 Å². The Labute approximate surface area is 266 Å². The lowest BCUT2D eigenvalue weighted by Crippen LogP contribution is -2.26. The van der Waals surface area contributed by atoms with Crippen molar-refractivity contribution in [3.05, 3.63) is 59.7 Å². The standard InChI is InChI=1S/C38H56N2O4/c1-30(31-14-18-33(19-15-31)39(22-6-2-10-35-26-41-35)23-7-3-11-36-27-42-36)32-16-20-34(21-17-32)40(24-8-4-12-37-28-43-37)25-9-5-13-38-29-44-38/h14-21,30,35-38H,2-13,22-29H2,1H3. The zero-order chi connectivity index (χ0) is 30.0. The first-order chi connectivity index (χ1) is 21.7. The van der Waals surface area contributed by atoms with Crippen LogP contribution in [0.2, 0.25) is 0 Å². The average Bonchev–Trinajstić information content (AvgIpc) is 3.87. The zero-order valence-corrected chi connectivity index (χ0v) is 27.2. The molecule has 4 heterocycles. The maximum absolute atomic E-state index is 5.42. The van der Waals surface area contributed by atoms with Crippen molar-refractivity contribution in [1.29, 1.82) is 0 Å². The molecule has 6 rings (SSSR count). The molecule has 44 heavy (non-hydrogen) atoms. The molecule has 0 aliphatic carbocycles. The monoisotopic (exact) mass is 604 g/mol. The minimum atomic E-state index is 0.370. The summed E-state index contributed by atoms with van der Waals surface area (Å²) < 4.78 is 21.7. The second-order valence-electron chi connectivity index (χ2n) is 13.7. The molecule has 2 aromatic rings. The van der Waals surface area contributed by atoms with E-state index in [4.69, 9.17) is 18.9 Å². The molecule has 4 aliphatic rings. The molecule has 0 spiro atoms. The van der Waals surface area contributed by atoms with Gasteiger partial charge >= 0.3 is 0 Å². The van der Waals surface area contributed by atoms with Gasteiger partial charge in [-0.15, -0.1) is 0 Å². The van der Waals surface area contributed by atoms with E-state index in [0.717, 1.165) is 52.6 Å². The second-order valence-corrected chi connectivity index (χ2v) is 13.7. The Bertz CT molecular complexity index is 965. The summed E-state index contributed by atoms with van der Waals surface area (Å²) in [5.41, 5.74) is 5.50.